The van der Waals surface area contributed by atoms with E-state index in [2.05, 4.69) is 22.3 Å². The minimum Gasteiger partial charge on any atom is -0.478 e. The van der Waals surface area contributed by atoms with Gasteiger partial charge in [-0.05, 0) is 36.2 Å². The van der Waals surface area contributed by atoms with Gasteiger partial charge < -0.3 is 15.3 Å². The van der Waals surface area contributed by atoms with E-state index < -0.39 is 5.97 Å². The van der Waals surface area contributed by atoms with Gasteiger partial charge in [-0.1, -0.05) is 30.3 Å². The standard InChI is InChI=1S/C18H20N2O2/c1-13-6-5-9-15(18(21)22)17(13)16-12-20(11-10-19-16)14-7-3-2-4-8-14/h2-9,16,19H,10-12H2,1H3,(H,21,22). The van der Waals surface area contributed by atoms with Gasteiger partial charge in [-0.2, -0.15) is 0 Å². The topological polar surface area (TPSA) is 52.6 Å². The second-order valence-electron chi connectivity index (χ2n) is 5.63. The van der Waals surface area contributed by atoms with Crippen molar-refractivity contribution >= 4 is 11.7 Å². The van der Waals surface area contributed by atoms with Gasteiger partial charge in [0, 0.05) is 25.3 Å². The predicted molar refractivity (Wildman–Crippen MR) is 87.5 cm³/mol. The van der Waals surface area contributed by atoms with Crippen LogP contribution in [0.1, 0.15) is 27.5 Å². The molecule has 0 aromatic heterocycles. The molecule has 2 aromatic carbocycles. The Morgan fingerprint density at radius 2 is 1.95 bits per heavy atom. The van der Waals surface area contributed by atoms with Crippen molar-refractivity contribution in [2.24, 2.45) is 0 Å². The van der Waals surface area contributed by atoms with Crippen LogP contribution in [0.4, 0.5) is 5.69 Å². The van der Waals surface area contributed by atoms with E-state index in [0.29, 0.717) is 5.56 Å². The van der Waals surface area contributed by atoms with Gasteiger partial charge in [0.1, 0.15) is 0 Å². The first kappa shape index (κ1) is 14.6. The molecule has 2 N–H and O–H groups in total. The lowest BCUT2D eigenvalue weighted by molar-refractivity contribution is 0.0694. The summed E-state index contributed by atoms with van der Waals surface area (Å²) in [6.45, 7) is 4.52. The molecule has 0 radical (unpaired) electrons. The highest BCUT2D eigenvalue weighted by Crippen LogP contribution is 2.27. The summed E-state index contributed by atoms with van der Waals surface area (Å²) in [5.41, 5.74) is 3.50. The number of aryl methyl sites for hydroxylation is 1. The largest absolute Gasteiger partial charge is 0.478 e. The molecule has 0 aliphatic carbocycles. The van der Waals surface area contributed by atoms with Gasteiger partial charge >= 0.3 is 5.97 Å². The van der Waals surface area contributed by atoms with Crippen LogP contribution in [0.25, 0.3) is 0 Å². The molecule has 0 bridgehead atoms. The zero-order valence-corrected chi connectivity index (χ0v) is 12.6. The van der Waals surface area contributed by atoms with Crippen LogP contribution in [0.5, 0.6) is 0 Å². The van der Waals surface area contributed by atoms with Gasteiger partial charge in [0.15, 0.2) is 0 Å². The molecular weight excluding hydrogens is 276 g/mol. The number of hydrogen-bond acceptors (Lipinski definition) is 3. The number of carboxylic acid groups (broad SMARTS) is 1. The summed E-state index contributed by atoms with van der Waals surface area (Å²) in [6.07, 6.45) is 0. The molecule has 4 nitrogen and oxygen atoms in total. The average molecular weight is 296 g/mol. The van der Waals surface area contributed by atoms with Gasteiger partial charge in [0.05, 0.1) is 11.6 Å². The molecule has 1 heterocycles. The van der Waals surface area contributed by atoms with E-state index in [-0.39, 0.29) is 6.04 Å². The Morgan fingerprint density at radius 1 is 1.18 bits per heavy atom. The van der Waals surface area contributed by atoms with Crippen molar-refractivity contribution in [3.8, 4) is 0 Å². The van der Waals surface area contributed by atoms with E-state index in [1.54, 1.807) is 12.1 Å². The van der Waals surface area contributed by atoms with Crippen LogP contribution in [0.3, 0.4) is 0 Å². The fourth-order valence-corrected chi connectivity index (χ4v) is 3.15. The van der Waals surface area contributed by atoms with Crippen LogP contribution < -0.4 is 10.2 Å². The van der Waals surface area contributed by atoms with Crippen LogP contribution in [0.15, 0.2) is 48.5 Å². The molecule has 4 heteroatoms. The molecular formula is C18H20N2O2. The molecule has 0 spiro atoms. The lowest BCUT2D eigenvalue weighted by atomic mass is 9.93. The highest BCUT2D eigenvalue weighted by molar-refractivity contribution is 5.90. The van der Waals surface area contributed by atoms with Crippen LogP contribution in [0, 0.1) is 6.92 Å². The van der Waals surface area contributed by atoms with E-state index >= 15 is 0 Å². The third-order valence-corrected chi connectivity index (χ3v) is 4.20. The zero-order chi connectivity index (χ0) is 15.5. The number of nitrogens with one attached hydrogen (secondary N) is 1. The summed E-state index contributed by atoms with van der Waals surface area (Å²) in [5, 5.41) is 12.9. The number of aromatic carboxylic acids is 1. The van der Waals surface area contributed by atoms with Gasteiger partial charge in [0.2, 0.25) is 0 Å². The van der Waals surface area contributed by atoms with Crippen molar-refractivity contribution in [3.63, 3.8) is 0 Å². The molecule has 1 unspecified atom stereocenters. The Balaban J connectivity index is 1.91. The second kappa shape index (κ2) is 6.20. The third-order valence-electron chi connectivity index (χ3n) is 4.20. The van der Waals surface area contributed by atoms with Crippen LogP contribution >= 0.6 is 0 Å². The first-order valence-electron chi connectivity index (χ1n) is 7.53. The van der Waals surface area contributed by atoms with E-state index in [9.17, 15) is 9.90 Å². The Labute approximate surface area is 130 Å². The lowest BCUT2D eigenvalue weighted by Gasteiger charge is -2.36. The molecule has 114 valence electrons. The molecule has 1 aliphatic heterocycles. The van der Waals surface area contributed by atoms with Gasteiger partial charge in [-0.25, -0.2) is 4.79 Å². The monoisotopic (exact) mass is 296 g/mol. The van der Waals surface area contributed by atoms with Crippen LogP contribution in [-0.2, 0) is 0 Å². The number of piperazine rings is 1. The van der Waals surface area contributed by atoms with Crippen molar-refractivity contribution in [1.82, 2.24) is 5.32 Å². The molecule has 0 amide bonds. The Kier molecular flexibility index (Phi) is 4.11. The van der Waals surface area contributed by atoms with E-state index in [0.717, 1.165) is 30.8 Å². The summed E-state index contributed by atoms with van der Waals surface area (Å²) >= 11 is 0. The average Bonchev–Trinajstić information content (AvgIpc) is 2.55. The summed E-state index contributed by atoms with van der Waals surface area (Å²) in [7, 11) is 0. The second-order valence-corrected chi connectivity index (χ2v) is 5.63. The lowest BCUT2D eigenvalue weighted by Crippen LogP contribution is -2.46. The van der Waals surface area contributed by atoms with Crippen LogP contribution in [-0.4, -0.2) is 30.7 Å². The van der Waals surface area contributed by atoms with Gasteiger partial charge in [0.25, 0.3) is 0 Å². The van der Waals surface area contributed by atoms with Crippen molar-refractivity contribution in [2.45, 2.75) is 13.0 Å². The SMILES string of the molecule is Cc1cccc(C(=O)O)c1C1CN(c2ccccc2)CCN1. The smallest absolute Gasteiger partial charge is 0.336 e. The van der Waals surface area contributed by atoms with E-state index in [1.807, 2.05) is 31.2 Å². The van der Waals surface area contributed by atoms with Crippen molar-refractivity contribution in [2.75, 3.05) is 24.5 Å². The number of nitrogens with zero attached hydrogens (tertiary/aromatic N) is 1. The van der Waals surface area contributed by atoms with Crippen molar-refractivity contribution in [1.29, 1.82) is 0 Å². The Hall–Kier alpha value is -2.33. The molecule has 1 atom stereocenters. The maximum Gasteiger partial charge on any atom is 0.336 e. The summed E-state index contributed by atoms with van der Waals surface area (Å²) < 4.78 is 0. The zero-order valence-electron chi connectivity index (χ0n) is 12.6. The molecule has 0 saturated carbocycles. The highest BCUT2D eigenvalue weighted by atomic mass is 16.4. The maximum atomic E-state index is 11.5. The minimum atomic E-state index is -0.864. The van der Waals surface area contributed by atoms with Crippen LogP contribution in [0.2, 0.25) is 0 Å². The number of anilines is 1. The van der Waals surface area contributed by atoms with Gasteiger partial charge in [-0.15, -0.1) is 0 Å². The number of benzene rings is 2. The Morgan fingerprint density at radius 3 is 2.68 bits per heavy atom. The fourth-order valence-electron chi connectivity index (χ4n) is 3.15. The fraction of sp³-hybridized carbons (Fsp3) is 0.278. The van der Waals surface area contributed by atoms with E-state index in [1.165, 1.54) is 5.69 Å². The third kappa shape index (κ3) is 2.83. The number of carboxylic acids is 1. The number of para-hydroxylation sites is 1. The quantitative estimate of drug-likeness (QED) is 0.914. The van der Waals surface area contributed by atoms with Gasteiger partial charge in [-0.3, -0.25) is 0 Å². The summed E-state index contributed by atoms with van der Waals surface area (Å²) in [4.78, 5) is 13.8. The molecule has 22 heavy (non-hydrogen) atoms. The molecule has 2 aromatic rings. The normalized spacial score (nSPS) is 18.2. The molecule has 3 rings (SSSR count). The molecule has 1 fully saturated rings. The first-order valence-corrected chi connectivity index (χ1v) is 7.53. The van der Waals surface area contributed by atoms with Crippen molar-refractivity contribution < 1.29 is 9.90 Å². The number of rotatable bonds is 3. The molecule has 1 saturated heterocycles. The predicted octanol–water partition coefficient (Wildman–Crippen LogP) is 2.84. The van der Waals surface area contributed by atoms with Crippen molar-refractivity contribution in [3.05, 3.63) is 65.2 Å². The number of carbonyl (C=O) groups is 1. The minimum absolute atomic E-state index is 0.0289. The number of hydrogen-bond donors (Lipinski definition) is 2. The Bertz CT molecular complexity index is 670. The summed E-state index contributed by atoms with van der Waals surface area (Å²) in [6, 6.07) is 15.8. The molecule has 1 aliphatic rings. The van der Waals surface area contributed by atoms with E-state index in [4.69, 9.17) is 0 Å². The first-order chi connectivity index (χ1) is 10.7. The summed E-state index contributed by atoms with van der Waals surface area (Å²) in [5.74, 6) is -0.864. The highest BCUT2D eigenvalue weighted by Gasteiger charge is 2.26. The maximum absolute atomic E-state index is 11.5.